The maximum atomic E-state index is 12.5. The van der Waals surface area contributed by atoms with Gasteiger partial charge in [0, 0.05) is 26.3 Å². The van der Waals surface area contributed by atoms with E-state index in [1.165, 1.54) is 17.5 Å². The Kier molecular flexibility index (Phi) is 6.38. The molecule has 0 spiro atoms. The largest absolute Gasteiger partial charge is 0.383 e. The van der Waals surface area contributed by atoms with Crippen molar-refractivity contribution in [3.63, 3.8) is 0 Å². The third kappa shape index (κ3) is 4.43. The van der Waals surface area contributed by atoms with Gasteiger partial charge in [-0.3, -0.25) is 0 Å². The van der Waals surface area contributed by atoms with E-state index in [2.05, 4.69) is 10.3 Å². The van der Waals surface area contributed by atoms with Gasteiger partial charge in [-0.15, -0.1) is 0 Å². The van der Waals surface area contributed by atoms with E-state index in [-0.39, 0.29) is 11.1 Å². The summed E-state index contributed by atoms with van der Waals surface area (Å²) in [4.78, 5) is 4.00. The molecular formula is C13H23N3O3S. The summed E-state index contributed by atoms with van der Waals surface area (Å²) < 4.78 is 31.6. The lowest BCUT2D eigenvalue weighted by Crippen LogP contribution is -2.32. The number of anilines is 1. The molecule has 1 heterocycles. The zero-order valence-electron chi connectivity index (χ0n) is 12.5. The van der Waals surface area contributed by atoms with Crippen LogP contribution in [-0.2, 0) is 14.8 Å². The van der Waals surface area contributed by atoms with Gasteiger partial charge in [0.15, 0.2) is 5.03 Å². The van der Waals surface area contributed by atoms with Crippen LogP contribution in [-0.4, -0.2) is 50.6 Å². The summed E-state index contributed by atoms with van der Waals surface area (Å²) >= 11 is 0. The minimum atomic E-state index is -3.61. The quantitative estimate of drug-likeness (QED) is 0.789. The zero-order valence-corrected chi connectivity index (χ0v) is 13.3. The fourth-order valence-corrected chi connectivity index (χ4v) is 2.83. The number of ether oxygens (including phenoxy) is 1. The van der Waals surface area contributed by atoms with Crippen LogP contribution in [0.4, 0.5) is 5.69 Å². The van der Waals surface area contributed by atoms with E-state index in [1.54, 1.807) is 12.1 Å². The minimum Gasteiger partial charge on any atom is -0.383 e. The number of rotatable bonds is 8. The number of nitrogens with zero attached hydrogens (tertiary/aromatic N) is 2. The Labute approximate surface area is 121 Å². The molecule has 0 aromatic carbocycles. The molecule has 6 nitrogen and oxygen atoms in total. The van der Waals surface area contributed by atoms with Crippen molar-refractivity contribution in [1.82, 2.24) is 9.29 Å². The number of likely N-dealkylation sites (N-methyl/N-ethyl adjacent to an activating group) is 1. The van der Waals surface area contributed by atoms with Gasteiger partial charge in [-0.05, 0) is 32.9 Å². The van der Waals surface area contributed by atoms with Crippen LogP contribution in [0.25, 0.3) is 0 Å². The second-order valence-electron chi connectivity index (χ2n) is 4.63. The molecule has 0 fully saturated rings. The second kappa shape index (κ2) is 7.56. The van der Waals surface area contributed by atoms with Gasteiger partial charge in [-0.2, -0.15) is 4.31 Å². The highest BCUT2D eigenvalue weighted by Gasteiger charge is 2.25. The Balaban J connectivity index is 2.87. The van der Waals surface area contributed by atoms with E-state index >= 15 is 0 Å². The smallest absolute Gasteiger partial charge is 0.262 e. The molecule has 1 rings (SSSR count). The van der Waals surface area contributed by atoms with Crippen molar-refractivity contribution in [2.75, 3.05) is 32.1 Å². The summed E-state index contributed by atoms with van der Waals surface area (Å²) in [6, 6.07) is 3.42. The number of pyridine rings is 1. The Morgan fingerprint density at radius 1 is 1.45 bits per heavy atom. The second-order valence-corrected chi connectivity index (χ2v) is 6.59. The van der Waals surface area contributed by atoms with Crippen molar-refractivity contribution in [1.29, 1.82) is 0 Å². The molecule has 0 aliphatic rings. The van der Waals surface area contributed by atoms with Gasteiger partial charge in [0.1, 0.15) is 0 Å². The average molecular weight is 301 g/mol. The third-order valence-electron chi connectivity index (χ3n) is 2.65. The number of hydrogen-bond donors (Lipinski definition) is 1. The summed E-state index contributed by atoms with van der Waals surface area (Å²) in [5.41, 5.74) is 0.520. The zero-order chi connectivity index (χ0) is 15.2. The van der Waals surface area contributed by atoms with Crippen molar-refractivity contribution in [2.24, 2.45) is 0 Å². The van der Waals surface area contributed by atoms with Crippen molar-refractivity contribution in [3.05, 3.63) is 18.3 Å². The average Bonchev–Trinajstić information content (AvgIpc) is 2.39. The maximum Gasteiger partial charge on any atom is 0.262 e. The van der Waals surface area contributed by atoms with E-state index in [0.29, 0.717) is 25.4 Å². The molecule has 0 atom stereocenters. The number of hydrogen-bond acceptors (Lipinski definition) is 5. The molecule has 1 aromatic rings. The summed E-state index contributed by atoms with van der Waals surface area (Å²) in [6.45, 7) is 7.02. The molecule has 7 heteroatoms. The lowest BCUT2D eigenvalue weighted by atomic mass is 10.4. The molecule has 0 saturated heterocycles. The fraction of sp³-hybridized carbons (Fsp3) is 0.615. The standard InChI is InChI=1S/C13H23N3O3S/c1-5-14-12-7-6-8-15-13(12)20(17,18)16(4)9-10-19-11(2)3/h6-8,11,14H,5,9-10H2,1-4H3. The molecular weight excluding hydrogens is 278 g/mol. The first kappa shape index (κ1) is 16.9. The van der Waals surface area contributed by atoms with Gasteiger partial charge < -0.3 is 10.1 Å². The normalized spacial score (nSPS) is 12.1. The van der Waals surface area contributed by atoms with Gasteiger partial charge in [-0.25, -0.2) is 13.4 Å². The topological polar surface area (TPSA) is 71.5 Å². The van der Waals surface area contributed by atoms with Gasteiger partial charge in [0.2, 0.25) is 0 Å². The van der Waals surface area contributed by atoms with Crippen LogP contribution in [0.3, 0.4) is 0 Å². The predicted octanol–water partition coefficient (Wildman–Crippen LogP) is 1.56. The third-order valence-corrected chi connectivity index (χ3v) is 4.47. The fourth-order valence-electron chi connectivity index (χ4n) is 1.61. The molecule has 0 radical (unpaired) electrons. The Morgan fingerprint density at radius 2 is 2.15 bits per heavy atom. The highest BCUT2D eigenvalue weighted by molar-refractivity contribution is 7.89. The summed E-state index contributed by atoms with van der Waals surface area (Å²) in [5, 5.41) is 3.06. The van der Waals surface area contributed by atoms with Crippen LogP contribution in [0.2, 0.25) is 0 Å². The SMILES string of the molecule is CCNc1cccnc1S(=O)(=O)N(C)CCOC(C)C. The van der Waals surface area contributed by atoms with Crippen molar-refractivity contribution >= 4 is 15.7 Å². The minimum absolute atomic E-state index is 0.0499. The van der Waals surface area contributed by atoms with E-state index in [1.807, 2.05) is 20.8 Å². The molecule has 0 unspecified atom stereocenters. The molecule has 0 saturated carbocycles. The van der Waals surface area contributed by atoms with Gasteiger partial charge >= 0.3 is 0 Å². The molecule has 20 heavy (non-hydrogen) atoms. The lowest BCUT2D eigenvalue weighted by molar-refractivity contribution is 0.0737. The molecule has 1 N–H and O–H groups in total. The van der Waals surface area contributed by atoms with Crippen LogP contribution in [0.15, 0.2) is 23.4 Å². The molecule has 114 valence electrons. The molecule has 0 aliphatic carbocycles. The van der Waals surface area contributed by atoms with Gasteiger partial charge in [-0.1, -0.05) is 0 Å². The van der Waals surface area contributed by atoms with Crippen LogP contribution in [0.1, 0.15) is 20.8 Å². The maximum absolute atomic E-state index is 12.5. The Hall–Kier alpha value is -1.18. The van der Waals surface area contributed by atoms with Gasteiger partial charge in [0.05, 0.1) is 18.4 Å². The van der Waals surface area contributed by atoms with Crippen LogP contribution in [0.5, 0.6) is 0 Å². The lowest BCUT2D eigenvalue weighted by Gasteiger charge is -2.19. The number of sulfonamides is 1. The first-order chi connectivity index (χ1) is 9.39. The first-order valence-electron chi connectivity index (χ1n) is 6.66. The Morgan fingerprint density at radius 3 is 2.75 bits per heavy atom. The molecule has 0 bridgehead atoms. The van der Waals surface area contributed by atoms with Crippen molar-refractivity contribution in [2.45, 2.75) is 31.9 Å². The Bertz CT molecular complexity index is 517. The predicted molar refractivity (Wildman–Crippen MR) is 79.3 cm³/mol. The van der Waals surface area contributed by atoms with E-state index in [4.69, 9.17) is 4.74 Å². The summed E-state index contributed by atoms with van der Waals surface area (Å²) in [5.74, 6) is 0. The van der Waals surface area contributed by atoms with E-state index in [0.717, 1.165) is 0 Å². The molecule has 0 amide bonds. The highest BCUT2D eigenvalue weighted by Crippen LogP contribution is 2.20. The monoisotopic (exact) mass is 301 g/mol. The van der Waals surface area contributed by atoms with Crippen molar-refractivity contribution in [3.8, 4) is 0 Å². The molecule has 0 aliphatic heterocycles. The highest BCUT2D eigenvalue weighted by atomic mass is 32.2. The van der Waals surface area contributed by atoms with Crippen LogP contribution in [0, 0.1) is 0 Å². The van der Waals surface area contributed by atoms with E-state index in [9.17, 15) is 8.42 Å². The first-order valence-corrected chi connectivity index (χ1v) is 8.10. The number of aromatic nitrogens is 1. The van der Waals surface area contributed by atoms with E-state index < -0.39 is 10.0 Å². The van der Waals surface area contributed by atoms with Gasteiger partial charge in [0.25, 0.3) is 10.0 Å². The summed E-state index contributed by atoms with van der Waals surface area (Å²) in [6.07, 6.45) is 1.56. The number of nitrogens with one attached hydrogen (secondary N) is 1. The summed E-state index contributed by atoms with van der Waals surface area (Å²) in [7, 11) is -2.08. The molecule has 1 aromatic heterocycles. The van der Waals surface area contributed by atoms with Crippen LogP contribution >= 0.6 is 0 Å². The van der Waals surface area contributed by atoms with Crippen LogP contribution < -0.4 is 5.32 Å². The van der Waals surface area contributed by atoms with Crippen molar-refractivity contribution < 1.29 is 13.2 Å².